The number of benzene rings is 2. The van der Waals surface area contributed by atoms with Crippen LogP contribution in [-0.2, 0) is 11.3 Å². The highest BCUT2D eigenvalue weighted by Gasteiger charge is 2.26. The molecule has 0 amide bonds. The van der Waals surface area contributed by atoms with Gasteiger partial charge < -0.3 is 9.84 Å². The Labute approximate surface area is 140 Å². The van der Waals surface area contributed by atoms with Gasteiger partial charge in [0.25, 0.3) is 0 Å². The van der Waals surface area contributed by atoms with Gasteiger partial charge in [0, 0.05) is 30.8 Å². The Hall–Kier alpha value is -1.82. The molecule has 1 N–H and O–H groups in total. The maximum Gasteiger partial charge on any atom is 0.130 e. The number of aliphatic hydroxyl groups is 1. The van der Waals surface area contributed by atoms with E-state index in [-0.39, 0.29) is 6.04 Å². The molecule has 0 aliphatic carbocycles. The van der Waals surface area contributed by atoms with Crippen molar-refractivity contribution in [2.24, 2.45) is 0 Å². The van der Waals surface area contributed by atoms with Crippen LogP contribution in [0.25, 0.3) is 0 Å². The minimum absolute atomic E-state index is 0.0154. The lowest BCUT2D eigenvalue weighted by Crippen LogP contribution is -2.45. The van der Waals surface area contributed by atoms with E-state index in [0.717, 1.165) is 11.6 Å². The molecule has 128 valence electrons. The second kappa shape index (κ2) is 7.83. The molecule has 0 radical (unpaired) electrons. The molecule has 2 aromatic rings. The zero-order chi connectivity index (χ0) is 16.9. The van der Waals surface area contributed by atoms with Crippen molar-refractivity contribution in [3.8, 4) is 0 Å². The van der Waals surface area contributed by atoms with Crippen LogP contribution < -0.4 is 0 Å². The zero-order valence-electron chi connectivity index (χ0n) is 13.4. The van der Waals surface area contributed by atoms with E-state index in [4.69, 9.17) is 4.74 Å². The number of rotatable bonds is 5. The monoisotopic (exact) mass is 333 g/mol. The number of ether oxygens (including phenoxy) is 1. The van der Waals surface area contributed by atoms with Gasteiger partial charge in [0.1, 0.15) is 11.6 Å². The molecule has 1 aliphatic heterocycles. The molecule has 5 heteroatoms. The van der Waals surface area contributed by atoms with Crippen molar-refractivity contribution < 1.29 is 18.6 Å². The summed E-state index contributed by atoms with van der Waals surface area (Å²) in [5.74, 6) is -1.11. The molecule has 1 fully saturated rings. The Kier molecular flexibility index (Phi) is 5.56. The summed E-state index contributed by atoms with van der Waals surface area (Å²) in [6.45, 7) is 2.10. The molecule has 1 heterocycles. The summed E-state index contributed by atoms with van der Waals surface area (Å²) in [7, 11) is 0. The van der Waals surface area contributed by atoms with Crippen LogP contribution in [0.2, 0.25) is 0 Å². The van der Waals surface area contributed by atoms with Crippen molar-refractivity contribution in [1.82, 2.24) is 4.90 Å². The predicted molar refractivity (Wildman–Crippen MR) is 87.4 cm³/mol. The molecular formula is C19H21F2NO2. The normalized spacial score (nSPS) is 20.0. The first-order valence-corrected chi connectivity index (χ1v) is 8.12. The third-order valence-corrected chi connectivity index (χ3v) is 4.42. The number of halogens is 2. The standard InChI is InChI=1S/C19H21F2NO2/c20-16-7-6-15(18(21)10-16)12-22-8-9-24-13-17(22)11-19(23)14-4-2-1-3-5-14/h1-7,10,17,19,23H,8-9,11-13H2. The number of hydrogen-bond acceptors (Lipinski definition) is 3. The Morgan fingerprint density at radius 2 is 1.96 bits per heavy atom. The largest absolute Gasteiger partial charge is 0.388 e. The molecule has 2 unspecified atom stereocenters. The number of nitrogens with zero attached hydrogens (tertiary/aromatic N) is 1. The van der Waals surface area contributed by atoms with Gasteiger partial charge >= 0.3 is 0 Å². The van der Waals surface area contributed by atoms with Crippen LogP contribution in [0.15, 0.2) is 48.5 Å². The minimum Gasteiger partial charge on any atom is -0.388 e. The van der Waals surface area contributed by atoms with Gasteiger partial charge in [-0.2, -0.15) is 0 Å². The van der Waals surface area contributed by atoms with Crippen LogP contribution in [0.5, 0.6) is 0 Å². The van der Waals surface area contributed by atoms with Crippen molar-refractivity contribution in [2.75, 3.05) is 19.8 Å². The van der Waals surface area contributed by atoms with Crippen LogP contribution in [0.1, 0.15) is 23.7 Å². The molecule has 1 saturated heterocycles. The van der Waals surface area contributed by atoms with Gasteiger partial charge in [0.05, 0.1) is 19.3 Å². The lowest BCUT2D eigenvalue weighted by molar-refractivity contribution is -0.0303. The second-order valence-corrected chi connectivity index (χ2v) is 6.10. The van der Waals surface area contributed by atoms with Crippen molar-refractivity contribution in [2.45, 2.75) is 25.1 Å². The van der Waals surface area contributed by atoms with Crippen molar-refractivity contribution in [3.05, 3.63) is 71.3 Å². The average Bonchev–Trinajstić information content (AvgIpc) is 2.59. The highest BCUT2D eigenvalue weighted by molar-refractivity contribution is 5.19. The van der Waals surface area contributed by atoms with Crippen molar-refractivity contribution in [3.63, 3.8) is 0 Å². The number of morpholine rings is 1. The lowest BCUT2D eigenvalue weighted by Gasteiger charge is -2.36. The Morgan fingerprint density at radius 1 is 1.17 bits per heavy atom. The van der Waals surface area contributed by atoms with Gasteiger partial charge in [-0.25, -0.2) is 8.78 Å². The number of aliphatic hydroxyl groups excluding tert-OH is 1. The summed E-state index contributed by atoms with van der Waals surface area (Å²) in [5.41, 5.74) is 1.31. The van der Waals surface area contributed by atoms with Gasteiger partial charge in [0.2, 0.25) is 0 Å². The van der Waals surface area contributed by atoms with Gasteiger partial charge in [0.15, 0.2) is 0 Å². The third kappa shape index (κ3) is 4.17. The molecule has 3 rings (SSSR count). The summed E-state index contributed by atoms with van der Waals surface area (Å²) >= 11 is 0. The maximum atomic E-state index is 13.9. The molecule has 3 nitrogen and oxygen atoms in total. The highest BCUT2D eigenvalue weighted by atomic mass is 19.1. The Bertz CT molecular complexity index is 666. The highest BCUT2D eigenvalue weighted by Crippen LogP contribution is 2.24. The average molecular weight is 333 g/mol. The second-order valence-electron chi connectivity index (χ2n) is 6.10. The van der Waals surface area contributed by atoms with E-state index >= 15 is 0 Å². The van der Waals surface area contributed by atoms with Crippen molar-refractivity contribution >= 4 is 0 Å². The third-order valence-electron chi connectivity index (χ3n) is 4.42. The molecule has 24 heavy (non-hydrogen) atoms. The van der Waals surface area contributed by atoms with E-state index in [1.807, 2.05) is 30.3 Å². The van der Waals surface area contributed by atoms with Crippen molar-refractivity contribution in [1.29, 1.82) is 0 Å². The van der Waals surface area contributed by atoms with Crippen LogP contribution in [0, 0.1) is 11.6 Å². The van der Waals surface area contributed by atoms with E-state index in [1.165, 1.54) is 12.1 Å². The fourth-order valence-electron chi connectivity index (χ4n) is 3.05. The fourth-order valence-corrected chi connectivity index (χ4v) is 3.05. The molecule has 2 atom stereocenters. The van der Waals surface area contributed by atoms with E-state index in [9.17, 15) is 13.9 Å². The van der Waals surface area contributed by atoms with E-state index < -0.39 is 17.7 Å². The summed E-state index contributed by atoms with van der Waals surface area (Å²) in [6.07, 6.45) is -0.0919. The van der Waals surface area contributed by atoms with Crippen LogP contribution >= 0.6 is 0 Å². The first-order chi connectivity index (χ1) is 11.6. The van der Waals surface area contributed by atoms with E-state index in [0.29, 0.717) is 38.3 Å². The predicted octanol–water partition coefficient (Wildman–Crippen LogP) is 3.29. The smallest absolute Gasteiger partial charge is 0.130 e. The maximum absolute atomic E-state index is 13.9. The Morgan fingerprint density at radius 3 is 2.71 bits per heavy atom. The summed E-state index contributed by atoms with van der Waals surface area (Å²) in [6, 6.07) is 13.1. The lowest BCUT2D eigenvalue weighted by atomic mass is 10.00. The summed E-state index contributed by atoms with van der Waals surface area (Å²) in [4.78, 5) is 2.09. The van der Waals surface area contributed by atoms with Gasteiger partial charge in [-0.1, -0.05) is 36.4 Å². The molecule has 0 bridgehead atoms. The van der Waals surface area contributed by atoms with E-state index in [1.54, 1.807) is 0 Å². The van der Waals surface area contributed by atoms with Gasteiger partial charge in [-0.05, 0) is 18.1 Å². The first-order valence-electron chi connectivity index (χ1n) is 8.12. The fraction of sp³-hybridized carbons (Fsp3) is 0.368. The van der Waals surface area contributed by atoms with Crippen LogP contribution in [0.4, 0.5) is 8.78 Å². The molecule has 0 spiro atoms. The van der Waals surface area contributed by atoms with E-state index in [2.05, 4.69) is 4.90 Å². The summed E-state index contributed by atoms with van der Waals surface area (Å²) in [5, 5.41) is 10.4. The molecule has 1 aliphatic rings. The SMILES string of the molecule is OC(CC1COCCN1Cc1ccc(F)cc1F)c1ccccc1. The van der Waals surface area contributed by atoms with Gasteiger partial charge in [-0.15, -0.1) is 0 Å². The minimum atomic E-state index is -0.599. The molecule has 0 saturated carbocycles. The topological polar surface area (TPSA) is 32.7 Å². The Balaban J connectivity index is 1.69. The first kappa shape index (κ1) is 17.0. The van der Waals surface area contributed by atoms with Crippen LogP contribution in [-0.4, -0.2) is 35.8 Å². The number of hydrogen-bond donors (Lipinski definition) is 1. The van der Waals surface area contributed by atoms with Crippen LogP contribution in [0.3, 0.4) is 0 Å². The quantitative estimate of drug-likeness (QED) is 0.911. The van der Waals surface area contributed by atoms with Gasteiger partial charge in [-0.3, -0.25) is 4.90 Å². The molecule has 0 aromatic heterocycles. The molecular weight excluding hydrogens is 312 g/mol. The zero-order valence-corrected chi connectivity index (χ0v) is 13.4. The molecule has 2 aromatic carbocycles. The summed E-state index contributed by atoms with van der Waals surface area (Å²) < 4.78 is 32.5.